The van der Waals surface area contributed by atoms with Crippen LogP contribution in [0.4, 0.5) is 0 Å². The largest absolute Gasteiger partial charge is 0.507 e. The third kappa shape index (κ3) is 27.0. The average Bonchev–Trinajstić information content (AvgIpc) is 1.62. The minimum atomic E-state index is 0.338. The Hall–Kier alpha value is -10.7. The molecule has 1 aliphatic heterocycles. The SMILES string of the molecule is C1CC2C3CCC(C3)C2C1.C1CC2C3CCC(C3)C2C1.C1CCOC1.C=Cc1ccc(CCl)cc1.C=Cc1ccc(COc2c(C)cc(Oc3c(C)cc(C)cc3C)cc2C)cc1.C=Cc1ccc(COc2c(C)cc(Oc3c(C)cc(C)cc3C)cc2C)cc1.Cc1cc(C)c(Oc2cc(C)c(O)c(C)c2)c(C)c1.Cc1cc(C)c(Oc2cc(C)c(O)c(C)c2)c(C)c1. The first-order valence-corrected chi connectivity index (χ1v) is 47.7. The molecular formula is C119H145ClO9. The number of benzene rings is 11. The molecule has 11 aromatic rings. The molecule has 0 spiro atoms. The highest BCUT2D eigenvalue weighted by atomic mass is 35.5. The Morgan fingerprint density at radius 2 is 0.504 bits per heavy atom. The van der Waals surface area contributed by atoms with E-state index in [4.69, 9.17) is 44.8 Å². The number of rotatable bonds is 18. The highest BCUT2D eigenvalue weighted by Crippen LogP contribution is 2.60. The molecule has 0 amide bonds. The van der Waals surface area contributed by atoms with Gasteiger partial charge in [0.05, 0.1) is 0 Å². The Morgan fingerprint density at radius 3 is 0.713 bits per heavy atom. The maximum absolute atomic E-state index is 9.79. The van der Waals surface area contributed by atoms with Gasteiger partial charge in [-0.2, -0.15) is 0 Å². The Balaban J connectivity index is 0.000000149. The Kier molecular flexibility index (Phi) is 35.8. The molecule has 6 aliphatic carbocycles. The number of phenolic OH excluding ortho intramolecular Hbond substituents is 2. The van der Waals surface area contributed by atoms with Crippen LogP contribution in [0.2, 0.25) is 0 Å². The van der Waals surface area contributed by atoms with Crippen LogP contribution < -0.4 is 28.4 Å². The van der Waals surface area contributed by atoms with Crippen molar-refractivity contribution in [3.8, 4) is 69.0 Å². The van der Waals surface area contributed by atoms with E-state index in [1.807, 2.05) is 119 Å². The molecule has 9 nitrogen and oxygen atoms in total. The summed E-state index contributed by atoms with van der Waals surface area (Å²) in [6.07, 6.45) is 27.1. The summed E-state index contributed by atoms with van der Waals surface area (Å²) < 4.78 is 41.6. The summed E-state index contributed by atoms with van der Waals surface area (Å²) in [6.45, 7) is 55.0. The number of hydrogen-bond acceptors (Lipinski definition) is 9. The van der Waals surface area contributed by atoms with Crippen LogP contribution in [-0.2, 0) is 23.8 Å². The molecule has 129 heavy (non-hydrogen) atoms. The van der Waals surface area contributed by atoms with Crippen molar-refractivity contribution < 1.29 is 43.4 Å². The molecular weight excluding hydrogens is 1610 g/mol. The number of fused-ring (bicyclic) bond motifs is 10. The van der Waals surface area contributed by atoms with Crippen molar-refractivity contribution in [2.45, 2.75) is 247 Å². The number of aryl methyl sites for hydroxylation is 20. The third-order valence-corrected chi connectivity index (χ3v) is 27.5. The zero-order valence-electron chi connectivity index (χ0n) is 81.2. The first-order valence-electron chi connectivity index (χ1n) is 47.2. The van der Waals surface area contributed by atoms with Crippen LogP contribution in [-0.4, -0.2) is 23.4 Å². The molecule has 0 radical (unpaired) electrons. The fraction of sp³-hybridized carbons (Fsp3) is 0.395. The summed E-state index contributed by atoms with van der Waals surface area (Å²) in [6, 6.07) is 57.2. The number of hydrogen-bond donors (Lipinski definition) is 2. The third-order valence-electron chi connectivity index (χ3n) is 27.2. The number of ether oxygens (including phenoxy) is 7. The normalized spacial score (nSPS) is 18.3. The predicted molar refractivity (Wildman–Crippen MR) is 541 cm³/mol. The van der Waals surface area contributed by atoms with Crippen molar-refractivity contribution in [2.24, 2.45) is 47.3 Å². The lowest BCUT2D eigenvalue weighted by Crippen LogP contribution is -2.15. The monoisotopic (exact) mass is 1750 g/mol. The van der Waals surface area contributed by atoms with Crippen LogP contribution in [0.25, 0.3) is 18.2 Å². The molecule has 0 aromatic heterocycles. The Bertz CT molecular complexity index is 5090. The lowest BCUT2D eigenvalue weighted by Gasteiger charge is -2.23. The van der Waals surface area contributed by atoms with Crippen LogP contribution in [0, 0.1) is 186 Å². The van der Waals surface area contributed by atoms with E-state index in [2.05, 4.69) is 228 Å². The smallest absolute Gasteiger partial charge is 0.133 e. The first kappa shape index (κ1) is 98.9. The second kappa shape index (κ2) is 46.7. The van der Waals surface area contributed by atoms with Gasteiger partial charge in [0, 0.05) is 19.1 Å². The van der Waals surface area contributed by atoms with E-state index in [-0.39, 0.29) is 0 Å². The van der Waals surface area contributed by atoms with E-state index in [9.17, 15) is 10.2 Å². The van der Waals surface area contributed by atoms with Gasteiger partial charge in [0.2, 0.25) is 0 Å². The van der Waals surface area contributed by atoms with Gasteiger partial charge < -0.3 is 43.4 Å². The quantitative estimate of drug-likeness (QED) is 0.0813. The molecule has 10 heteroatoms. The fourth-order valence-electron chi connectivity index (χ4n) is 21.2. The van der Waals surface area contributed by atoms with E-state index < -0.39 is 0 Å². The molecule has 1 saturated heterocycles. The van der Waals surface area contributed by atoms with Crippen LogP contribution in [0.5, 0.6) is 69.0 Å². The van der Waals surface area contributed by atoms with Crippen molar-refractivity contribution in [3.63, 3.8) is 0 Å². The van der Waals surface area contributed by atoms with Crippen molar-refractivity contribution in [3.05, 3.63) is 334 Å². The maximum atomic E-state index is 9.79. The average molecular weight is 1750 g/mol. The molecule has 1 heterocycles. The molecule has 7 aliphatic rings. The second-order valence-electron chi connectivity index (χ2n) is 38.0. The van der Waals surface area contributed by atoms with E-state index in [1.54, 1.807) is 77.0 Å². The number of phenols is 2. The second-order valence-corrected chi connectivity index (χ2v) is 38.2. The highest BCUT2D eigenvalue weighted by molar-refractivity contribution is 6.17. The van der Waals surface area contributed by atoms with Gasteiger partial charge in [0.15, 0.2) is 0 Å². The summed E-state index contributed by atoms with van der Waals surface area (Å²) in [5.74, 6) is 19.6. The molecule has 4 bridgehead atoms. The van der Waals surface area contributed by atoms with Gasteiger partial charge in [0.1, 0.15) is 82.2 Å². The van der Waals surface area contributed by atoms with Gasteiger partial charge in [-0.1, -0.05) is 194 Å². The van der Waals surface area contributed by atoms with Crippen molar-refractivity contribution in [2.75, 3.05) is 13.2 Å². The van der Waals surface area contributed by atoms with E-state index in [1.165, 1.54) is 82.4 Å². The summed E-state index contributed by atoms with van der Waals surface area (Å²) in [5.41, 5.74) is 28.4. The zero-order chi connectivity index (χ0) is 92.9. The molecule has 6 saturated carbocycles. The molecule has 8 unspecified atom stereocenters. The first-order chi connectivity index (χ1) is 61.8. The Labute approximate surface area is 779 Å². The van der Waals surface area contributed by atoms with E-state index in [0.717, 1.165) is 193 Å². The van der Waals surface area contributed by atoms with Gasteiger partial charge in [-0.3, -0.25) is 0 Å². The lowest BCUT2D eigenvalue weighted by atomic mass is 9.82. The number of aromatic hydroxyl groups is 2. The minimum Gasteiger partial charge on any atom is -0.507 e. The molecule has 8 atom stereocenters. The molecule has 18 rings (SSSR count). The van der Waals surface area contributed by atoms with Crippen LogP contribution in [0.3, 0.4) is 0 Å². The highest BCUT2D eigenvalue weighted by Gasteiger charge is 2.50. The van der Waals surface area contributed by atoms with Gasteiger partial charge >= 0.3 is 0 Å². The molecule has 2 N–H and O–H groups in total. The van der Waals surface area contributed by atoms with Gasteiger partial charge in [0.25, 0.3) is 0 Å². The number of alkyl halides is 1. The summed E-state index contributed by atoms with van der Waals surface area (Å²) >= 11 is 5.60. The Morgan fingerprint density at radius 1 is 0.287 bits per heavy atom. The van der Waals surface area contributed by atoms with Crippen LogP contribution in [0.15, 0.2) is 190 Å². The molecule has 7 fully saturated rings. The van der Waals surface area contributed by atoms with E-state index >= 15 is 0 Å². The molecule has 11 aromatic carbocycles. The fourth-order valence-corrected chi connectivity index (χ4v) is 21.4. The minimum absolute atomic E-state index is 0.338. The maximum Gasteiger partial charge on any atom is 0.133 e. The van der Waals surface area contributed by atoms with Gasteiger partial charge in [-0.05, 0) is 434 Å². The standard InChI is InChI=1S/2C26H28O2.2C17H20O2.2C10H16.C9H9Cl.C4H8O/c2*1-7-22-8-10-23(11-9-22)16-27-25-20(5)14-24(15-21(25)6)28-26-18(3)12-17(2)13-19(26)4;2*1-10-6-13(4)17(14(5)7-10)19-15-8-11(2)16(18)12(3)9-15;2*1-2-9-7-4-5-8(6-7)10(9)3-1;1-2-8-3-5-9(7-10)6-4-8;1-2-4-5-3-1/h2*7-15H,1,16H2,2-6H3;2*6-9,18H,1-5H3;2*7-10H,1-6H2;2-6H,1,7H2;1-4H2. The van der Waals surface area contributed by atoms with Crippen LogP contribution in [0.1, 0.15) is 235 Å². The summed E-state index contributed by atoms with van der Waals surface area (Å²) in [7, 11) is 0. The number of halogens is 1. The summed E-state index contributed by atoms with van der Waals surface area (Å²) in [4.78, 5) is 0. The predicted octanol–water partition coefficient (Wildman–Crippen LogP) is 33.5. The lowest BCUT2D eigenvalue weighted by molar-refractivity contribution is 0.198. The topological polar surface area (TPSA) is 105 Å². The van der Waals surface area contributed by atoms with Crippen molar-refractivity contribution in [1.82, 2.24) is 0 Å². The van der Waals surface area contributed by atoms with Crippen molar-refractivity contribution in [1.29, 1.82) is 0 Å². The van der Waals surface area contributed by atoms with Gasteiger partial charge in [-0.25, -0.2) is 0 Å². The van der Waals surface area contributed by atoms with Crippen molar-refractivity contribution >= 4 is 29.8 Å². The zero-order valence-corrected chi connectivity index (χ0v) is 82.0. The van der Waals surface area contributed by atoms with Gasteiger partial charge in [-0.15, -0.1) is 11.6 Å². The van der Waals surface area contributed by atoms with E-state index in [0.29, 0.717) is 30.6 Å². The molecule has 682 valence electrons. The summed E-state index contributed by atoms with van der Waals surface area (Å²) in [5, 5.41) is 19.6. The van der Waals surface area contributed by atoms with Crippen LogP contribution >= 0.6 is 11.6 Å².